The van der Waals surface area contributed by atoms with Crippen LogP contribution in [0.5, 0.6) is 5.75 Å². The number of methoxy groups -OCH3 is 1. The van der Waals surface area contributed by atoms with Crippen molar-refractivity contribution >= 4 is 11.7 Å². The summed E-state index contributed by atoms with van der Waals surface area (Å²) in [7, 11) is 1.59. The summed E-state index contributed by atoms with van der Waals surface area (Å²) in [6.45, 7) is 2.12. The van der Waals surface area contributed by atoms with Crippen LogP contribution in [0.1, 0.15) is 21.5 Å². The van der Waals surface area contributed by atoms with Crippen molar-refractivity contribution in [1.29, 1.82) is 0 Å². The summed E-state index contributed by atoms with van der Waals surface area (Å²) in [6.07, 6.45) is 0. The monoisotopic (exact) mass is 289 g/mol. The molecule has 0 amide bonds. The van der Waals surface area contributed by atoms with Gasteiger partial charge in [0.1, 0.15) is 11.6 Å². The van der Waals surface area contributed by atoms with Crippen LogP contribution >= 0.6 is 0 Å². The van der Waals surface area contributed by atoms with E-state index in [1.165, 1.54) is 18.2 Å². The van der Waals surface area contributed by atoms with E-state index in [0.29, 0.717) is 5.56 Å². The summed E-state index contributed by atoms with van der Waals surface area (Å²) < 4.78 is 18.8. The number of anilines is 1. The fourth-order valence-electron chi connectivity index (χ4n) is 2.00. The molecule has 0 aliphatic rings. The molecule has 0 saturated carbocycles. The molecule has 2 rings (SSSR count). The molecule has 0 atom stereocenters. The van der Waals surface area contributed by atoms with Gasteiger partial charge in [0.25, 0.3) is 0 Å². The third kappa shape index (κ3) is 3.51. The first kappa shape index (κ1) is 14.8. The van der Waals surface area contributed by atoms with E-state index in [1.54, 1.807) is 13.2 Å². The minimum absolute atomic E-state index is 0.0691. The smallest absolute Gasteiger partial charge is 0.335 e. The van der Waals surface area contributed by atoms with E-state index < -0.39 is 11.8 Å². The molecule has 0 aliphatic carbocycles. The zero-order valence-electron chi connectivity index (χ0n) is 11.8. The van der Waals surface area contributed by atoms with E-state index in [1.807, 2.05) is 19.1 Å². The van der Waals surface area contributed by atoms with Crippen molar-refractivity contribution in [2.24, 2.45) is 0 Å². The van der Waals surface area contributed by atoms with Gasteiger partial charge in [-0.15, -0.1) is 0 Å². The van der Waals surface area contributed by atoms with E-state index in [0.717, 1.165) is 17.0 Å². The highest BCUT2D eigenvalue weighted by Gasteiger charge is 2.09. The summed E-state index contributed by atoms with van der Waals surface area (Å²) in [4.78, 5) is 10.9. The van der Waals surface area contributed by atoms with Crippen molar-refractivity contribution < 1.29 is 19.0 Å². The maximum atomic E-state index is 13.7. The number of rotatable bonds is 5. The van der Waals surface area contributed by atoms with Crippen molar-refractivity contribution in [3.63, 3.8) is 0 Å². The van der Waals surface area contributed by atoms with Gasteiger partial charge in [-0.05, 0) is 48.9 Å². The topological polar surface area (TPSA) is 58.6 Å². The summed E-state index contributed by atoms with van der Waals surface area (Å²) in [5.41, 5.74) is 2.19. The van der Waals surface area contributed by atoms with Crippen LogP contribution in [0, 0.1) is 12.7 Å². The van der Waals surface area contributed by atoms with Crippen LogP contribution in [-0.2, 0) is 6.54 Å². The van der Waals surface area contributed by atoms with Gasteiger partial charge in [0.2, 0.25) is 0 Å². The maximum absolute atomic E-state index is 13.7. The molecule has 0 heterocycles. The average molecular weight is 289 g/mol. The van der Waals surface area contributed by atoms with Crippen LogP contribution in [0.15, 0.2) is 36.4 Å². The first-order chi connectivity index (χ1) is 10.0. The van der Waals surface area contributed by atoms with Crippen LogP contribution in [0.2, 0.25) is 0 Å². The molecule has 0 aromatic heterocycles. The summed E-state index contributed by atoms with van der Waals surface area (Å²) in [5.74, 6) is -0.757. The zero-order chi connectivity index (χ0) is 15.4. The second-order valence-electron chi connectivity index (χ2n) is 4.65. The van der Waals surface area contributed by atoms with E-state index in [4.69, 9.17) is 9.84 Å². The number of aryl methyl sites for hydroxylation is 1. The quantitative estimate of drug-likeness (QED) is 0.885. The Bertz CT molecular complexity index is 671. The molecular weight excluding hydrogens is 273 g/mol. The largest absolute Gasteiger partial charge is 0.497 e. The molecule has 0 saturated heterocycles. The number of benzene rings is 2. The lowest BCUT2D eigenvalue weighted by Crippen LogP contribution is -2.06. The first-order valence-electron chi connectivity index (χ1n) is 6.41. The van der Waals surface area contributed by atoms with Crippen LogP contribution in [-0.4, -0.2) is 18.2 Å². The number of halogens is 1. The number of carbonyl (C=O) groups is 1. The van der Waals surface area contributed by atoms with E-state index >= 15 is 0 Å². The third-order valence-electron chi connectivity index (χ3n) is 3.20. The Balaban J connectivity index is 2.16. The molecule has 0 unspecified atom stereocenters. The number of ether oxygens (including phenoxy) is 1. The van der Waals surface area contributed by atoms with Crippen LogP contribution in [0.3, 0.4) is 0 Å². The predicted molar refractivity (Wildman–Crippen MR) is 78.4 cm³/mol. The highest BCUT2D eigenvalue weighted by atomic mass is 19.1. The molecule has 5 heteroatoms. The Hall–Kier alpha value is -2.56. The number of hydrogen-bond acceptors (Lipinski definition) is 3. The molecule has 4 nitrogen and oxygen atoms in total. The van der Waals surface area contributed by atoms with Crippen LogP contribution in [0.25, 0.3) is 0 Å². The molecule has 0 fully saturated rings. The van der Waals surface area contributed by atoms with Gasteiger partial charge in [-0.3, -0.25) is 0 Å². The molecule has 21 heavy (non-hydrogen) atoms. The Morgan fingerprint density at radius 3 is 2.67 bits per heavy atom. The minimum atomic E-state index is -1.07. The van der Waals surface area contributed by atoms with Gasteiger partial charge in [0.15, 0.2) is 0 Å². The fourth-order valence-corrected chi connectivity index (χ4v) is 2.00. The molecule has 2 aromatic carbocycles. The number of nitrogens with one attached hydrogen (secondary N) is 1. The second-order valence-corrected chi connectivity index (χ2v) is 4.65. The van der Waals surface area contributed by atoms with Crippen LogP contribution in [0.4, 0.5) is 10.1 Å². The number of carboxylic acid groups (broad SMARTS) is 1. The van der Waals surface area contributed by atoms with E-state index in [2.05, 4.69) is 5.32 Å². The van der Waals surface area contributed by atoms with Crippen molar-refractivity contribution in [1.82, 2.24) is 0 Å². The summed E-state index contributed by atoms with van der Waals surface area (Å²) in [6, 6.07) is 9.27. The Kier molecular flexibility index (Phi) is 4.42. The highest BCUT2D eigenvalue weighted by Crippen LogP contribution is 2.22. The van der Waals surface area contributed by atoms with Gasteiger partial charge in [-0.1, -0.05) is 0 Å². The van der Waals surface area contributed by atoms with Gasteiger partial charge < -0.3 is 15.2 Å². The van der Waals surface area contributed by atoms with Gasteiger partial charge in [-0.25, -0.2) is 9.18 Å². The molecule has 0 bridgehead atoms. The van der Waals surface area contributed by atoms with E-state index in [-0.39, 0.29) is 12.1 Å². The molecule has 0 radical (unpaired) electrons. The van der Waals surface area contributed by atoms with Crippen molar-refractivity contribution in [2.45, 2.75) is 13.5 Å². The van der Waals surface area contributed by atoms with Crippen LogP contribution < -0.4 is 10.1 Å². The lowest BCUT2D eigenvalue weighted by molar-refractivity contribution is 0.0696. The van der Waals surface area contributed by atoms with Gasteiger partial charge in [0, 0.05) is 17.8 Å². The molecular formula is C16H16FNO3. The Labute approximate surface area is 122 Å². The van der Waals surface area contributed by atoms with Crippen molar-refractivity contribution in [3.8, 4) is 5.75 Å². The van der Waals surface area contributed by atoms with Crippen molar-refractivity contribution in [3.05, 3.63) is 58.9 Å². The molecule has 0 aliphatic heterocycles. The lowest BCUT2D eigenvalue weighted by Gasteiger charge is -2.12. The lowest BCUT2D eigenvalue weighted by atomic mass is 10.1. The van der Waals surface area contributed by atoms with Gasteiger partial charge in [-0.2, -0.15) is 0 Å². The highest BCUT2D eigenvalue weighted by molar-refractivity contribution is 5.87. The zero-order valence-corrected chi connectivity index (χ0v) is 11.8. The van der Waals surface area contributed by atoms with Gasteiger partial charge in [0.05, 0.1) is 12.7 Å². The SMILES string of the molecule is COc1ccc(NCc2cc(C(=O)O)ccc2F)c(C)c1. The maximum Gasteiger partial charge on any atom is 0.335 e. The Morgan fingerprint density at radius 2 is 2.05 bits per heavy atom. The average Bonchev–Trinajstić information content (AvgIpc) is 2.47. The molecule has 2 aromatic rings. The third-order valence-corrected chi connectivity index (χ3v) is 3.20. The fraction of sp³-hybridized carbons (Fsp3) is 0.188. The summed E-state index contributed by atoms with van der Waals surface area (Å²) in [5, 5.41) is 12.0. The normalized spacial score (nSPS) is 10.2. The summed E-state index contributed by atoms with van der Waals surface area (Å²) >= 11 is 0. The first-order valence-corrected chi connectivity index (χ1v) is 6.41. The molecule has 2 N–H and O–H groups in total. The second kappa shape index (κ2) is 6.26. The van der Waals surface area contributed by atoms with Crippen molar-refractivity contribution in [2.75, 3.05) is 12.4 Å². The predicted octanol–water partition coefficient (Wildman–Crippen LogP) is 3.45. The standard InChI is InChI=1S/C16H16FNO3/c1-10-7-13(21-2)4-6-15(10)18-9-12-8-11(16(19)20)3-5-14(12)17/h3-8,18H,9H2,1-2H3,(H,19,20). The molecule has 110 valence electrons. The van der Waals surface area contributed by atoms with Gasteiger partial charge >= 0.3 is 5.97 Å². The minimum Gasteiger partial charge on any atom is -0.497 e. The Morgan fingerprint density at radius 1 is 1.29 bits per heavy atom. The number of aromatic carboxylic acids is 1. The number of hydrogen-bond donors (Lipinski definition) is 2. The van der Waals surface area contributed by atoms with E-state index in [9.17, 15) is 9.18 Å². The number of carboxylic acids is 1. The molecule has 0 spiro atoms.